The average molecular weight is 391 g/mol. The van der Waals surface area contributed by atoms with E-state index in [4.69, 9.17) is 10.2 Å². The van der Waals surface area contributed by atoms with Crippen LogP contribution in [-0.4, -0.2) is 23.9 Å². The maximum absolute atomic E-state index is 12.4. The van der Waals surface area contributed by atoms with E-state index in [0.29, 0.717) is 23.7 Å². The highest BCUT2D eigenvalue weighted by atomic mass is 16.3. The highest BCUT2D eigenvalue weighted by Gasteiger charge is 2.41. The van der Waals surface area contributed by atoms with Crippen molar-refractivity contribution in [2.75, 3.05) is 11.9 Å². The minimum atomic E-state index is -0.322. The van der Waals surface area contributed by atoms with Crippen LogP contribution in [-0.2, 0) is 11.2 Å². The zero-order valence-corrected chi connectivity index (χ0v) is 16.4. The quantitative estimate of drug-likeness (QED) is 0.574. The van der Waals surface area contributed by atoms with Crippen molar-refractivity contribution in [3.8, 4) is 0 Å². The number of nitrogens with one attached hydrogen (secondary N) is 2. The van der Waals surface area contributed by atoms with E-state index in [1.165, 1.54) is 0 Å². The lowest BCUT2D eigenvalue weighted by Gasteiger charge is -2.29. The standard InChI is InChI=1S/C23H25N3O3/c1-23(14-24,17-8-9-17)26-21(27)12-15-6-10-18(11-7-15)25-22(28)20-13-16-4-2-3-5-19(16)29-20/h2-7,10-11,13,17H,8-9,12,14,24H2,1H3,(H,25,28)(H,26,27). The predicted molar refractivity (Wildman–Crippen MR) is 113 cm³/mol. The van der Waals surface area contributed by atoms with E-state index in [0.717, 1.165) is 23.8 Å². The summed E-state index contributed by atoms with van der Waals surface area (Å²) in [5, 5.41) is 6.79. The van der Waals surface area contributed by atoms with Crippen LogP contribution in [0.5, 0.6) is 0 Å². The Bertz CT molecular complexity index is 1000. The molecule has 6 heteroatoms. The zero-order valence-electron chi connectivity index (χ0n) is 16.4. The van der Waals surface area contributed by atoms with Gasteiger partial charge >= 0.3 is 0 Å². The predicted octanol–water partition coefficient (Wildman–Crippen LogP) is 3.47. The van der Waals surface area contributed by atoms with E-state index in [1.54, 1.807) is 18.2 Å². The summed E-state index contributed by atoms with van der Waals surface area (Å²) in [4.78, 5) is 24.8. The number of hydrogen-bond donors (Lipinski definition) is 3. The van der Waals surface area contributed by atoms with E-state index in [1.807, 2.05) is 43.3 Å². The molecule has 1 aromatic heterocycles. The molecule has 0 radical (unpaired) electrons. The first kappa shape index (κ1) is 19.2. The van der Waals surface area contributed by atoms with Gasteiger partial charge < -0.3 is 20.8 Å². The van der Waals surface area contributed by atoms with Gasteiger partial charge in [-0.25, -0.2) is 0 Å². The van der Waals surface area contributed by atoms with Crippen molar-refractivity contribution >= 4 is 28.5 Å². The molecule has 0 saturated heterocycles. The number of rotatable bonds is 7. The molecule has 1 atom stereocenters. The summed E-state index contributed by atoms with van der Waals surface area (Å²) in [5.41, 5.74) is 7.74. The fraction of sp³-hybridized carbons (Fsp3) is 0.304. The van der Waals surface area contributed by atoms with Crippen molar-refractivity contribution in [1.82, 2.24) is 5.32 Å². The van der Waals surface area contributed by atoms with Gasteiger partial charge in [0.25, 0.3) is 5.91 Å². The number of carbonyl (C=O) groups excluding carboxylic acids is 2. The third-order valence-corrected chi connectivity index (χ3v) is 5.55. The van der Waals surface area contributed by atoms with E-state index in [9.17, 15) is 9.59 Å². The maximum atomic E-state index is 12.4. The molecule has 1 aliphatic carbocycles. The van der Waals surface area contributed by atoms with Crippen molar-refractivity contribution in [3.05, 3.63) is 65.9 Å². The van der Waals surface area contributed by atoms with Gasteiger partial charge in [0.05, 0.1) is 12.0 Å². The summed E-state index contributed by atoms with van der Waals surface area (Å²) in [6.45, 7) is 2.45. The van der Waals surface area contributed by atoms with Crippen LogP contribution in [0.3, 0.4) is 0 Å². The van der Waals surface area contributed by atoms with Gasteiger partial charge in [-0.05, 0) is 55.5 Å². The highest BCUT2D eigenvalue weighted by molar-refractivity contribution is 6.04. The van der Waals surface area contributed by atoms with Crippen LogP contribution in [0.15, 0.2) is 59.0 Å². The van der Waals surface area contributed by atoms with Gasteiger partial charge in [-0.2, -0.15) is 0 Å². The molecule has 1 saturated carbocycles. The minimum absolute atomic E-state index is 0.0380. The molecule has 2 aromatic carbocycles. The number of para-hydroxylation sites is 1. The van der Waals surface area contributed by atoms with Crippen LogP contribution in [0.1, 0.15) is 35.9 Å². The zero-order chi connectivity index (χ0) is 20.4. The largest absolute Gasteiger partial charge is 0.451 e. The van der Waals surface area contributed by atoms with Crippen LogP contribution in [0.4, 0.5) is 5.69 Å². The van der Waals surface area contributed by atoms with Gasteiger partial charge in [0.1, 0.15) is 5.58 Å². The third-order valence-electron chi connectivity index (χ3n) is 5.55. The molecule has 0 bridgehead atoms. The first-order valence-corrected chi connectivity index (χ1v) is 9.87. The normalized spacial score (nSPS) is 15.7. The van der Waals surface area contributed by atoms with Crippen LogP contribution < -0.4 is 16.4 Å². The second-order valence-electron chi connectivity index (χ2n) is 7.92. The Labute approximate surface area is 169 Å². The number of anilines is 1. The lowest BCUT2D eigenvalue weighted by atomic mass is 9.95. The Morgan fingerprint density at radius 3 is 2.52 bits per heavy atom. The van der Waals surface area contributed by atoms with Gasteiger partial charge in [-0.15, -0.1) is 0 Å². The highest BCUT2D eigenvalue weighted by Crippen LogP contribution is 2.39. The van der Waals surface area contributed by atoms with Crippen molar-refractivity contribution in [1.29, 1.82) is 0 Å². The van der Waals surface area contributed by atoms with Crippen LogP contribution >= 0.6 is 0 Å². The van der Waals surface area contributed by atoms with E-state index >= 15 is 0 Å². The smallest absolute Gasteiger partial charge is 0.291 e. The summed E-state index contributed by atoms with van der Waals surface area (Å²) >= 11 is 0. The van der Waals surface area contributed by atoms with Crippen molar-refractivity contribution < 1.29 is 14.0 Å². The number of fused-ring (bicyclic) bond motifs is 1. The molecule has 1 fully saturated rings. The molecular weight excluding hydrogens is 366 g/mol. The maximum Gasteiger partial charge on any atom is 0.291 e. The molecule has 0 spiro atoms. The monoisotopic (exact) mass is 391 g/mol. The molecule has 4 rings (SSSR count). The molecular formula is C23H25N3O3. The summed E-state index contributed by atoms with van der Waals surface area (Å²) < 4.78 is 5.58. The van der Waals surface area contributed by atoms with Crippen LogP contribution in [0, 0.1) is 5.92 Å². The Kier molecular flexibility index (Phi) is 5.11. The summed E-state index contributed by atoms with van der Waals surface area (Å²) in [7, 11) is 0. The number of nitrogens with two attached hydrogens (primary N) is 1. The Balaban J connectivity index is 1.36. The first-order valence-electron chi connectivity index (χ1n) is 9.87. The third kappa shape index (κ3) is 4.32. The number of benzene rings is 2. The van der Waals surface area contributed by atoms with Gasteiger partial charge in [-0.1, -0.05) is 30.3 Å². The van der Waals surface area contributed by atoms with Gasteiger partial charge in [0.15, 0.2) is 5.76 Å². The molecule has 150 valence electrons. The summed E-state index contributed by atoms with van der Waals surface area (Å²) in [6, 6.07) is 16.4. The van der Waals surface area contributed by atoms with Crippen LogP contribution in [0.2, 0.25) is 0 Å². The van der Waals surface area contributed by atoms with Crippen molar-refractivity contribution in [2.24, 2.45) is 11.7 Å². The second kappa shape index (κ2) is 7.72. The molecule has 4 N–H and O–H groups in total. The summed E-state index contributed by atoms with van der Waals surface area (Å²) in [5.74, 6) is 0.391. The molecule has 1 heterocycles. The molecule has 3 aromatic rings. The van der Waals surface area contributed by atoms with E-state index < -0.39 is 0 Å². The minimum Gasteiger partial charge on any atom is -0.451 e. The molecule has 1 aliphatic rings. The molecule has 1 unspecified atom stereocenters. The van der Waals surface area contributed by atoms with Gasteiger partial charge in [0.2, 0.25) is 5.91 Å². The molecule has 0 aliphatic heterocycles. The Morgan fingerprint density at radius 1 is 1.14 bits per heavy atom. The second-order valence-corrected chi connectivity index (χ2v) is 7.92. The van der Waals surface area contributed by atoms with Crippen molar-refractivity contribution in [3.63, 3.8) is 0 Å². The fourth-order valence-electron chi connectivity index (χ4n) is 3.58. The average Bonchev–Trinajstić information content (AvgIpc) is 3.48. The first-order chi connectivity index (χ1) is 14.0. The number of carbonyl (C=O) groups is 2. The lowest BCUT2D eigenvalue weighted by molar-refractivity contribution is -0.122. The molecule has 29 heavy (non-hydrogen) atoms. The topological polar surface area (TPSA) is 97.4 Å². The Morgan fingerprint density at radius 2 is 1.86 bits per heavy atom. The number of amides is 2. The van der Waals surface area contributed by atoms with Crippen molar-refractivity contribution in [2.45, 2.75) is 31.7 Å². The Hall–Kier alpha value is -3.12. The van der Waals surface area contributed by atoms with Gasteiger partial charge in [0, 0.05) is 17.6 Å². The molecule has 2 amide bonds. The SMILES string of the molecule is CC(CN)(NC(=O)Cc1ccc(NC(=O)c2cc3ccccc3o2)cc1)C1CC1. The molecule has 6 nitrogen and oxygen atoms in total. The van der Waals surface area contributed by atoms with Gasteiger partial charge in [-0.3, -0.25) is 9.59 Å². The summed E-state index contributed by atoms with van der Waals surface area (Å²) in [6.07, 6.45) is 2.52. The van der Waals surface area contributed by atoms with E-state index in [2.05, 4.69) is 10.6 Å². The number of furan rings is 1. The fourth-order valence-corrected chi connectivity index (χ4v) is 3.58. The van der Waals surface area contributed by atoms with Crippen LogP contribution in [0.25, 0.3) is 11.0 Å². The lowest BCUT2D eigenvalue weighted by Crippen LogP contribution is -2.53. The number of hydrogen-bond acceptors (Lipinski definition) is 4. The van der Waals surface area contributed by atoms with E-state index in [-0.39, 0.29) is 29.5 Å².